The van der Waals surface area contributed by atoms with Crippen LogP contribution in [0.15, 0.2) is 18.2 Å². The SMILES string of the molecule is COCNC1CN(CCl)C[N+]1([O-])c1nc2cc(F)ccc2s1. The Labute approximate surface area is 136 Å². The van der Waals surface area contributed by atoms with Gasteiger partial charge >= 0.3 is 0 Å². The lowest BCUT2D eigenvalue weighted by Gasteiger charge is -2.39. The van der Waals surface area contributed by atoms with Crippen molar-refractivity contribution in [2.24, 2.45) is 0 Å². The number of ether oxygens (including phenoxy) is 1. The fourth-order valence-electron chi connectivity index (χ4n) is 2.55. The number of rotatable bonds is 5. The number of hydrogen-bond donors (Lipinski definition) is 1. The van der Waals surface area contributed by atoms with E-state index in [-0.39, 0.29) is 25.2 Å². The monoisotopic (exact) mass is 346 g/mol. The number of methoxy groups -OCH3 is 1. The smallest absolute Gasteiger partial charge is 0.289 e. The van der Waals surface area contributed by atoms with E-state index in [1.165, 1.54) is 23.5 Å². The van der Waals surface area contributed by atoms with Gasteiger partial charge in [0.05, 0.1) is 22.8 Å². The molecule has 1 N–H and O–H groups in total. The average molecular weight is 347 g/mol. The molecule has 1 aromatic carbocycles. The fourth-order valence-corrected chi connectivity index (χ4v) is 3.75. The fraction of sp³-hybridized carbons (Fsp3) is 0.462. The minimum Gasteiger partial charge on any atom is -0.623 e. The first-order valence-electron chi connectivity index (χ1n) is 6.73. The number of fused-ring (bicyclic) bond motifs is 1. The molecule has 1 aromatic heterocycles. The van der Waals surface area contributed by atoms with E-state index in [1.807, 2.05) is 4.90 Å². The summed E-state index contributed by atoms with van der Waals surface area (Å²) in [5.74, 6) is -0.361. The summed E-state index contributed by atoms with van der Waals surface area (Å²) in [6.45, 7) is 0.969. The Morgan fingerprint density at radius 1 is 1.64 bits per heavy atom. The summed E-state index contributed by atoms with van der Waals surface area (Å²) < 4.78 is 18.4. The Hall–Kier alpha value is -0.870. The molecule has 0 radical (unpaired) electrons. The van der Waals surface area contributed by atoms with Gasteiger partial charge in [-0.1, -0.05) is 11.3 Å². The second-order valence-corrected chi connectivity index (χ2v) is 6.42. The van der Waals surface area contributed by atoms with E-state index < -0.39 is 10.8 Å². The summed E-state index contributed by atoms with van der Waals surface area (Å²) in [5, 5.41) is 16.8. The van der Waals surface area contributed by atoms with Crippen molar-refractivity contribution in [3.8, 4) is 0 Å². The standard InChI is InChI=1S/C13H16ClFN4O2S/c1-21-7-16-12-5-18(6-14)8-19(12,20)13-17-10-4-9(15)2-3-11(10)22-13/h2-4,12,16H,5-8H2,1H3. The van der Waals surface area contributed by atoms with Crippen LogP contribution in [0.4, 0.5) is 9.52 Å². The van der Waals surface area contributed by atoms with Crippen LogP contribution in [0.25, 0.3) is 10.2 Å². The third-order valence-corrected chi connectivity index (χ3v) is 5.13. The molecule has 2 unspecified atom stereocenters. The Bertz CT molecular complexity index is 673. The lowest BCUT2D eigenvalue weighted by atomic mass is 10.3. The van der Waals surface area contributed by atoms with Crippen LogP contribution in [0.2, 0.25) is 0 Å². The first-order chi connectivity index (χ1) is 10.6. The van der Waals surface area contributed by atoms with Crippen molar-refractivity contribution in [1.29, 1.82) is 0 Å². The molecule has 9 heteroatoms. The predicted molar refractivity (Wildman–Crippen MR) is 85.8 cm³/mol. The number of hydrogen-bond acceptors (Lipinski definition) is 6. The zero-order chi connectivity index (χ0) is 15.7. The molecular formula is C13H16ClFN4O2S. The van der Waals surface area contributed by atoms with Gasteiger partial charge in [0.2, 0.25) is 0 Å². The predicted octanol–water partition coefficient (Wildman–Crippen LogP) is 2.23. The van der Waals surface area contributed by atoms with Crippen LogP contribution in [0, 0.1) is 11.0 Å². The quantitative estimate of drug-likeness (QED) is 0.296. The number of benzene rings is 1. The van der Waals surface area contributed by atoms with Gasteiger partial charge in [0.25, 0.3) is 5.13 Å². The van der Waals surface area contributed by atoms with E-state index in [4.69, 9.17) is 16.3 Å². The molecule has 0 amide bonds. The normalized spacial score (nSPS) is 26.1. The first-order valence-corrected chi connectivity index (χ1v) is 8.08. The number of aromatic nitrogens is 1. The molecule has 2 atom stereocenters. The van der Waals surface area contributed by atoms with E-state index in [9.17, 15) is 9.60 Å². The molecule has 0 bridgehead atoms. The number of nitrogens with zero attached hydrogens (tertiary/aromatic N) is 3. The maximum Gasteiger partial charge on any atom is 0.289 e. The van der Waals surface area contributed by atoms with E-state index in [2.05, 4.69) is 10.3 Å². The van der Waals surface area contributed by atoms with Crippen molar-refractivity contribution in [2.45, 2.75) is 6.17 Å². The van der Waals surface area contributed by atoms with Crippen LogP contribution >= 0.6 is 22.9 Å². The van der Waals surface area contributed by atoms with Crippen LogP contribution in [0.1, 0.15) is 0 Å². The van der Waals surface area contributed by atoms with Gasteiger partial charge in [-0.25, -0.2) is 14.6 Å². The van der Waals surface area contributed by atoms with Crippen molar-refractivity contribution < 1.29 is 9.13 Å². The van der Waals surface area contributed by atoms with Gasteiger partial charge in [-0.05, 0) is 12.1 Å². The first kappa shape index (κ1) is 16.0. The van der Waals surface area contributed by atoms with Crippen LogP contribution in [0.5, 0.6) is 0 Å². The largest absolute Gasteiger partial charge is 0.623 e. The summed E-state index contributed by atoms with van der Waals surface area (Å²) in [4.78, 5) is 6.18. The molecule has 2 aromatic rings. The van der Waals surface area contributed by atoms with Gasteiger partial charge in [-0.3, -0.25) is 4.65 Å². The number of nitrogens with one attached hydrogen (secondary N) is 1. The van der Waals surface area contributed by atoms with E-state index in [1.54, 1.807) is 13.2 Å². The molecule has 6 nitrogen and oxygen atoms in total. The summed E-state index contributed by atoms with van der Waals surface area (Å²) in [5.41, 5.74) is 0.503. The van der Waals surface area contributed by atoms with Crippen molar-refractivity contribution in [3.63, 3.8) is 0 Å². The van der Waals surface area contributed by atoms with Crippen LogP contribution in [-0.2, 0) is 4.74 Å². The molecule has 120 valence electrons. The molecule has 2 heterocycles. The van der Waals surface area contributed by atoms with Crippen molar-refractivity contribution in [2.75, 3.05) is 33.1 Å². The Balaban J connectivity index is 1.96. The summed E-state index contributed by atoms with van der Waals surface area (Å²) in [7, 11) is 1.56. The number of thiazole rings is 1. The topological polar surface area (TPSA) is 60.5 Å². The Kier molecular flexibility index (Phi) is 4.60. The lowest BCUT2D eigenvalue weighted by molar-refractivity contribution is 0.142. The van der Waals surface area contributed by atoms with Gasteiger partial charge < -0.3 is 9.94 Å². The van der Waals surface area contributed by atoms with Crippen molar-refractivity contribution >= 4 is 38.3 Å². The Morgan fingerprint density at radius 2 is 2.45 bits per heavy atom. The molecule has 1 fully saturated rings. The maximum atomic E-state index is 13.3. The highest BCUT2D eigenvalue weighted by Crippen LogP contribution is 2.37. The molecule has 1 aliphatic heterocycles. The van der Waals surface area contributed by atoms with Gasteiger partial charge in [0.15, 0.2) is 6.17 Å². The molecule has 0 spiro atoms. The summed E-state index contributed by atoms with van der Waals surface area (Å²) >= 11 is 7.16. The van der Waals surface area contributed by atoms with E-state index >= 15 is 0 Å². The van der Waals surface area contributed by atoms with Crippen LogP contribution in [-0.4, -0.2) is 49.1 Å². The number of alkyl halides is 1. The number of hydroxylamine groups is 2. The van der Waals surface area contributed by atoms with Gasteiger partial charge in [-0.2, -0.15) is 4.98 Å². The second-order valence-electron chi connectivity index (χ2n) is 5.17. The van der Waals surface area contributed by atoms with E-state index in [0.717, 1.165) is 4.70 Å². The minimum absolute atomic E-state index is 0.202. The lowest BCUT2D eigenvalue weighted by Crippen LogP contribution is -2.56. The zero-order valence-electron chi connectivity index (χ0n) is 12.0. The van der Waals surface area contributed by atoms with Crippen molar-refractivity contribution in [1.82, 2.24) is 19.8 Å². The van der Waals surface area contributed by atoms with Crippen molar-refractivity contribution in [3.05, 3.63) is 29.2 Å². The third-order valence-electron chi connectivity index (χ3n) is 3.64. The molecule has 0 aliphatic carbocycles. The third kappa shape index (κ3) is 2.83. The molecular weight excluding hydrogens is 331 g/mol. The molecule has 1 aliphatic rings. The van der Waals surface area contributed by atoms with Crippen LogP contribution < -0.4 is 9.96 Å². The van der Waals surface area contributed by atoms with Gasteiger partial charge in [0, 0.05) is 13.2 Å². The molecule has 0 saturated carbocycles. The highest BCUT2D eigenvalue weighted by atomic mass is 35.5. The molecule has 1 saturated heterocycles. The van der Waals surface area contributed by atoms with E-state index in [0.29, 0.717) is 17.2 Å². The summed E-state index contributed by atoms with van der Waals surface area (Å²) in [6.07, 6.45) is -0.427. The second kappa shape index (κ2) is 6.32. The molecule has 22 heavy (non-hydrogen) atoms. The van der Waals surface area contributed by atoms with Crippen LogP contribution in [0.3, 0.4) is 0 Å². The minimum atomic E-state index is -0.656. The average Bonchev–Trinajstić information content (AvgIpc) is 3.06. The van der Waals surface area contributed by atoms with Gasteiger partial charge in [-0.15, -0.1) is 11.6 Å². The number of halogens is 2. The molecule has 3 rings (SSSR count). The highest BCUT2D eigenvalue weighted by molar-refractivity contribution is 7.22. The zero-order valence-corrected chi connectivity index (χ0v) is 13.5. The summed E-state index contributed by atoms with van der Waals surface area (Å²) in [6, 6.07) is 4.63. The number of quaternary nitrogens is 1. The van der Waals surface area contributed by atoms with Gasteiger partial charge in [0.1, 0.15) is 19.2 Å². The highest BCUT2D eigenvalue weighted by Gasteiger charge is 2.43. The Morgan fingerprint density at radius 3 is 3.18 bits per heavy atom. The maximum absolute atomic E-state index is 13.3.